The molecule has 8 nitrogen and oxygen atoms in total. The largest absolute Gasteiger partial charge is 0.504 e. The fraction of sp³-hybridized carbons (Fsp3) is 0.0645. The van der Waals surface area contributed by atoms with Crippen LogP contribution in [0.1, 0.15) is 22.9 Å². The van der Waals surface area contributed by atoms with E-state index in [2.05, 4.69) is 10.2 Å². The number of hydrogen-bond donors (Lipinski definition) is 3. The van der Waals surface area contributed by atoms with Crippen LogP contribution in [-0.2, 0) is 0 Å². The number of aryl methyl sites for hydroxylation is 1. The summed E-state index contributed by atoms with van der Waals surface area (Å²) in [5.74, 6) is 1.40. The van der Waals surface area contributed by atoms with Gasteiger partial charge in [-0.2, -0.15) is 5.10 Å². The van der Waals surface area contributed by atoms with Gasteiger partial charge in [-0.1, -0.05) is 54.1 Å². The van der Waals surface area contributed by atoms with Crippen LogP contribution in [-0.4, -0.2) is 31.7 Å². The summed E-state index contributed by atoms with van der Waals surface area (Å²) in [6.45, 7) is 1.96. The minimum atomic E-state index is -0.431. The molecule has 0 fully saturated rings. The number of halogens is 1. The van der Waals surface area contributed by atoms with E-state index in [1.165, 1.54) is 6.07 Å². The Bertz CT molecular complexity index is 1850. The van der Waals surface area contributed by atoms with Crippen molar-refractivity contribution in [2.24, 2.45) is 9.98 Å². The second kappa shape index (κ2) is 9.29. The van der Waals surface area contributed by atoms with E-state index in [-0.39, 0.29) is 11.5 Å². The fourth-order valence-electron chi connectivity index (χ4n) is 5.28. The van der Waals surface area contributed by atoms with Crippen molar-refractivity contribution in [3.63, 3.8) is 0 Å². The Morgan fingerprint density at radius 2 is 1.62 bits per heavy atom. The molecule has 5 aromatic rings. The first-order chi connectivity index (χ1) is 19.5. The van der Waals surface area contributed by atoms with Crippen LogP contribution in [0.4, 0.5) is 22.9 Å². The first-order valence-corrected chi connectivity index (χ1v) is 13.1. The molecule has 0 amide bonds. The summed E-state index contributed by atoms with van der Waals surface area (Å²) in [4.78, 5) is 12.3. The number of fused-ring (bicyclic) bond motifs is 4. The van der Waals surface area contributed by atoms with E-state index < -0.39 is 6.04 Å². The van der Waals surface area contributed by atoms with Crippen LogP contribution in [0.25, 0.3) is 5.69 Å². The topological polar surface area (TPSA) is 98.3 Å². The van der Waals surface area contributed by atoms with Gasteiger partial charge in [0.2, 0.25) is 0 Å². The number of phenolic OH excluding ortho intramolecular Hbond substituents is 2. The van der Waals surface area contributed by atoms with Gasteiger partial charge in [0.05, 0.1) is 28.8 Å². The van der Waals surface area contributed by atoms with Crippen LogP contribution in [0.2, 0.25) is 5.02 Å². The number of nitrogens with one attached hydrogen (secondary N) is 1. The van der Waals surface area contributed by atoms with Crippen molar-refractivity contribution in [1.82, 2.24) is 9.78 Å². The summed E-state index contributed by atoms with van der Waals surface area (Å²) < 4.78 is 1.83. The average Bonchev–Trinajstić information content (AvgIpc) is 3.30. The first-order valence-electron chi connectivity index (χ1n) is 12.7. The molecule has 9 heteroatoms. The van der Waals surface area contributed by atoms with E-state index in [9.17, 15) is 10.2 Å². The molecule has 40 heavy (non-hydrogen) atoms. The van der Waals surface area contributed by atoms with Crippen LogP contribution < -0.4 is 10.2 Å². The van der Waals surface area contributed by atoms with Gasteiger partial charge in [0, 0.05) is 16.3 Å². The molecular formula is C31H23ClN6O2. The monoisotopic (exact) mass is 546 g/mol. The van der Waals surface area contributed by atoms with Gasteiger partial charge in [-0.15, -0.1) is 0 Å². The van der Waals surface area contributed by atoms with E-state index in [0.717, 1.165) is 39.6 Å². The first kappa shape index (κ1) is 24.0. The summed E-state index contributed by atoms with van der Waals surface area (Å²) in [7, 11) is 0. The van der Waals surface area contributed by atoms with E-state index in [0.29, 0.717) is 22.5 Å². The average molecular weight is 547 g/mol. The second-order valence-corrected chi connectivity index (χ2v) is 10.0. The Morgan fingerprint density at radius 3 is 2.42 bits per heavy atom. The second-order valence-electron chi connectivity index (χ2n) is 9.61. The van der Waals surface area contributed by atoms with Crippen molar-refractivity contribution in [3.8, 4) is 17.2 Å². The van der Waals surface area contributed by atoms with Crippen LogP contribution in [0.15, 0.2) is 107 Å². The van der Waals surface area contributed by atoms with Gasteiger partial charge < -0.3 is 20.4 Å². The van der Waals surface area contributed by atoms with Crippen molar-refractivity contribution in [3.05, 3.63) is 119 Å². The Morgan fingerprint density at radius 1 is 0.825 bits per heavy atom. The zero-order valence-corrected chi connectivity index (χ0v) is 22.1. The van der Waals surface area contributed by atoms with Gasteiger partial charge in [0.25, 0.3) is 0 Å². The molecule has 2 aliphatic rings. The molecule has 7 rings (SSSR count). The quantitative estimate of drug-likeness (QED) is 0.211. The van der Waals surface area contributed by atoms with E-state index >= 15 is 0 Å². The van der Waals surface area contributed by atoms with Gasteiger partial charge in [-0.25, -0.2) is 14.7 Å². The van der Waals surface area contributed by atoms with E-state index in [1.54, 1.807) is 6.07 Å². The Balaban J connectivity index is 1.51. The summed E-state index contributed by atoms with van der Waals surface area (Å²) in [5, 5.41) is 29.6. The predicted octanol–water partition coefficient (Wildman–Crippen LogP) is 7.04. The number of amidine groups is 2. The van der Waals surface area contributed by atoms with E-state index in [1.807, 2.05) is 96.5 Å². The fourth-order valence-corrected chi connectivity index (χ4v) is 5.47. The molecule has 0 spiro atoms. The molecule has 2 aliphatic heterocycles. The van der Waals surface area contributed by atoms with Gasteiger partial charge in [0.1, 0.15) is 0 Å². The number of hydrogen-bond acceptors (Lipinski definition) is 7. The third kappa shape index (κ3) is 3.88. The highest BCUT2D eigenvalue weighted by molar-refractivity contribution is 6.51. The Hall–Kier alpha value is -5.08. The van der Waals surface area contributed by atoms with E-state index in [4.69, 9.17) is 26.7 Å². The zero-order valence-electron chi connectivity index (χ0n) is 21.3. The molecule has 0 aliphatic carbocycles. The number of aromatic hydroxyl groups is 2. The van der Waals surface area contributed by atoms with Gasteiger partial charge in [0.15, 0.2) is 29.0 Å². The number of para-hydroxylation sites is 3. The molecule has 0 bridgehead atoms. The maximum atomic E-state index is 10.5. The molecule has 0 saturated heterocycles. The number of anilines is 2. The maximum Gasteiger partial charge on any atom is 0.179 e. The number of phenols is 2. The van der Waals surface area contributed by atoms with Crippen molar-refractivity contribution < 1.29 is 10.2 Å². The predicted molar refractivity (Wildman–Crippen MR) is 158 cm³/mol. The molecule has 0 unspecified atom stereocenters. The lowest BCUT2D eigenvalue weighted by Crippen LogP contribution is -2.46. The summed E-state index contributed by atoms with van der Waals surface area (Å²) in [6.07, 6.45) is 0. The van der Waals surface area contributed by atoms with Crippen LogP contribution in [0.5, 0.6) is 11.5 Å². The van der Waals surface area contributed by atoms with Crippen molar-refractivity contribution in [2.75, 3.05) is 10.2 Å². The molecule has 196 valence electrons. The Kier molecular flexibility index (Phi) is 5.57. The van der Waals surface area contributed by atoms with Crippen molar-refractivity contribution in [2.45, 2.75) is 13.0 Å². The standard InChI is InChI=1S/C31H23ClN6O2/c1-18-27-28(19-14-15-25(39)26(40)16-19)37-24-13-6-5-12-23(24)34-29(33-21-9-7-8-20(32)17-21)31(37)35-30(27)38(36-18)22-10-3-2-4-11-22/h2-17,28,39-40H,1H3,(H,33,34)/t28-/m0/s1. The third-order valence-electron chi connectivity index (χ3n) is 7.04. The smallest absolute Gasteiger partial charge is 0.179 e. The number of benzene rings is 4. The summed E-state index contributed by atoms with van der Waals surface area (Å²) >= 11 is 6.29. The van der Waals surface area contributed by atoms with Crippen molar-refractivity contribution in [1.29, 1.82) is 0 Å². The van der Waals surface area contributed by atoms with Crippen LogP contribution in [0.3, 0.4) is 0 Å². The normalized spacial score (nSPS) is 15.4. The minimum Gasteiger partial charge on any atom is -0.504 e. The summed E-state index contributed by atoms with van der Waals surface area (Å²) in [6, 6.07) is 29.6. The highest BCUT2D eigenvalue weighted by atomic mass is 35.5. The SMILES string of the molecule is Cc1nn(-c2ccccc2)c2c1[C@H](c1ccc(O)c(O)c1)N1C(=N2)C(Nc2cccc(Cl)c2)=Nc2ccccc21. The highest BCUT2D eigenvalue weighted by Crippen LogP contribution is 2.49. The molecule has 3 heterocycles. The van der Waals surface area contributed by atoms with Gasteiger partial charge >= 0.3 is 0 Å². The zero-order chi connectivity index (χ0) is 27.4. The van der Waals surface area contributed by atoms with Crippen LogP contribution in [0, 0.1) is 6.92 Å². The molecule has 4 aromatic carbocycles. The van der Waals surface area contributed by atoms with Gasteiger partial charge in [-0.05, 0) is 67.1 Å². The van der Waals surface area contributed by atoms with Crippen molar-refractivity contribution >= 4 is 46.2 Å². The molecule has 1 aromatic heterocycles. The molecule has 0 radical (unpaired) electrons. The lowest BCUT2D eigenvalue weighted by atomic mass is 9.93. The molecule has 3 N–H and O–H groups in total. The van der Waals surface area contributed by atoms with Crippen LogP contribution >= 0.6 is 11.6 Å². The highest BCUT2D eigenvalue weighted by Gasteiger charge is 2.41. The Labute approximate surface area is 235 Å². The van der Waals surface area contributed by atoms with Gasteiger partial charge in [-0.3, -0.25) is 0 Å². The maximum absolute atomic E-state index is 10.5. The molecular weight excluding hydrogens is 524 g/mol. The number of aromatic nitrogens is 2. The molecule has 1 atom stereocenters. The minimum absolute atomic E-state index is 0.186. The number of rotatable bonds is 3. The number of aliphatic imine (C=N–C) groups is 2. The molecule has 0 saturated carbocycles. The lowest BCUT2D eigenvalue weighted by Gasteiger charge is -2.40. The lowest BCUT2D eigenvalue weighted by molar-refractivity contribution is 0.403. The number of nitrogens with zero attached hydrogens (tertiary/aromatic N) is 5. The summed E-state index contributed by atoms with van der Waals surface area (Å²) in [5.41, 5.74) is 5.70. The third-order valence-corrected chi connectivity index (χ3v) is 7.28.